The number of allylic oxidation sites excluding steroid dienone is 1. The van der Waals surface area contributed by atoms with Crippen molar-refractivity contribution in [3.8, 4) is 5.75 Å². The van der Waals surface area contributed by atoms with E-state index in [1.54, 1.807) is 19.9 Å². The van der Waals surface area contributed by atoms with Gasteiger partial charge in [0.2, 0.25) is 70.9 Å². The summed E-state index contributed by atoms with van der Waals surface area (Å²) < 4.78 is 16.9. The van der Waals surface area contributed by atoms with E-state index in [4.69, 9.17) is 37.1 Å². The number of aromatic hydroxyl groups is 1. The highest BCUT2D eigenvalue weighted by molar-refractivity contribution is 6.01. The van der Waals surface area contributed by atoms with Crippen LogP contribution in [-0.2, 0) is 86.1 Å². The van der Waals surface area contributed by atoms with Crippen molar-refractivity contribution in [3.63, 3.8) is 0 Å². The number of esters is 1. The molecule has 0 radical (unpaired) electrons. The van der Waals surface area contributed by atoms with Crippen LogP contribution < -0.4 is 60.2 Å². The normalized spacial score (nSPS) is 23.0. The van der Waals surface area contributed by atoms with E-state index in [9.17, 15) is 82.8 Å². The van der Waals surface area contributed by atoms with Crippen molar-refractivity contribution < 1.29 is 107 Å². The number of phenolic OH excluding ortho intramolecular Hbond substituents is 1. The van der Waals surface area contributed by atoms with Gasteiger partial charge in [-0.3, -0.25) is 67.1 Å². The van der Waals surface area contributed by atoms with Crippen LogP contribution in [0.25, 0.3) is 0 Å². The lowest BCUT2D eigenvalue weighted by atomic mass is 9.82. The second-order valence-electron chi connectivity index (χ2n) is 27.3. The molecule has 35 nitrogen and oxygen atoms in total. The first-order valence-corrected chi connectivity index (χ1v) is 33.9. The van der Waals surface area contributed by atoms with Crippen LogP contribution >= 0.6 is 0 Å². The third-order valence-electron chi connectivity index (χ3n) is 17.8. The van der Waals surface area contributed by atoms with E-state index in [-0.39, 0.29) is 29.6 Å². The van der Waals surface area contributed by atoms with Crippen LogP contribution in [0.4, 0.5) is 0 Å². The Labute approximate surface area is 599 Å². The van der Waals surface area contributed by atoms with Gasteiger partial charge in [-0.2, -0.15) is 0 Å². The molecule has 2 rings (SSSR count). The summed E-state index contributed by atoms with van der Waals surface area (Å²) in [5, 5.41) is 59.1. The van der Waals surface area contributed by atoms with E-state index in [1.807, 2.05) is 20.8 Å². The van der Waals surface area contributed by atoms with Crippen LogP contribution in [0.3, 0.4) is 0 Å². The lowest BCUT2D eigenvalue weighted by Gasteiger charge is -2.36. The van der Waals surface area contributed by atoms with Gasteiger partial charge in [0, 0.05) is 59.5 Å². The monoisotopic (exact) mass is 1460 g/mol. The topological polar surface area (TPSA) is 559 Å². The van der Waals surface area contributed by atoms with E-state index >= 15 is 9.59 Å². The molecule has 1 saturated heterocycles. The number of rotatable bonds is 34. The molecule has 35 heteroatoms. The first-order valence-electron chi connectivity index (χ1n) is 33.9. The van der Waals surface area contributed by atoms with Gasteiger partial charge in [0.05, 0.1) is 49.7 Å². The number of ether oxygens (including phenoxy) is 3. The number of aliphatic hydroxyl groups is 3. The second kappa shape index (κ2) is 42.5. The molecule has 1 aliphatic rings. The van der Waals surface area contributed by atoms with Crippen molar-refractivity contribution in [2.75, 3.05) is 41.5 Å². The van der Waals surface area contributed by atoms with Gasteiger partial charge < -0.3 is 105 Å². The number of methoxy groups -OCH3 is 2. The maximum atomic E-state index is 15.2. The van der Waals surface area contributed by atoms with Gasteiger partial charge in [-0.1, -0.05) is 72.8 Å². The summed E-state index contributed by atoms with van der Waals surface area (Å²) in [5.74, 6) is -23.0. The number of nitrogens with one attached hydrogen (secondary N) is 7. The minimum absolute atomic E-state index is 0.0130. The summed E-state index contributed by atoms with van der Waals surface area (Å²) >= 11 is 0. The van der Waals surface area contributed by atoms with Crippen LogP contribution in [0, 0.1) is 41.4 Å². The molecule has 0 saturated carbocycles. The summed E-state index contributed by atoms with van der Waals surface area (Å²) in [6.07, 6.45) is -8.62. The zero-order chi connectivity index (χ0) is 78.8. The number of carbonyl (C=O) groups excluding carboxylic acids is 15. The van der Waals surface area contributed by atoms with Crippen LogP contribution in [0.2, 0.25) is 0 Å². The Balaban J connectivity index is 2.85. The Bertz CT molecular complexity index is 3170. The molecule has 103 heavy (non-hydrogen) atoms. The minimum Gasteiger partial charge on any atom is -0.508 e. The standard InChI is InChI=1S/C68H109N13O22/c1-31(2)24-33(5)16-19-42(84)26-51(88)76-55(57(90)60(72)92)65(97)78-54(38(10)82)49(86)27-43(36(8)69)61(93)77-53(34(6)35(7)59(71)91)48(85)28-44-39(11)103-68(100)37(9)80(12)67(99)56(58(102-15)40-17-20-41(83)21-18-40)79-64(96)47(22-23-50(70)87)81(13)66(98)45(25-32(3)4)74-52(89)29-73-63(95)46(30-101-14)75-62(44)94/h16-21,31-39,42-47,53-58,82-84,90H,22-30,69H2,1-15H3,(H2,70,87)(H2,71,91)(H2,72,92)(H,73,95)(H,74,89)(H,75,94)(H,76,88)(H,77,93)(H,78,97)(H,79,96)/b19-16-/t33?,34?,35?,36-,37-,38+,39+,42?,43-,44+,45-,46+,47-,53?,54+,55+,56+,57-,58+/m0/s1. The largest absolute Gasteiger partial charge is 0.508 e. The molecule has 578 valence electrons. The lowest BCUT2D eigenvalue weighted by Crippen LogP contribution is -2.61. The molecule has 1 aromatic carbocycles. The summed E-state index contributed by atoms with van der Waals surface area (Å²) in [4.78, 5) is 212. The SMILES string of the molecule is COC[C@H]1NC(=O)[C@H](CC(=O)C(NC(=O)[C@@H](CC(=O)[C@H](NC(=O)[C@H](NC(=O)CC(O)/C=C\C(C)CC(C)C)[C@H](O)C(N)=O)[C@@H](C)O)[C@H](C)N)C(C)C(C)C(N)=O)[C@@H](C)OC(=O)[C@H](C)N(C)C(=O)[C@@H]([C@H](OC)c2ccc(O)cc2)NC(=O)[C@H](CCC(N)=O)N(C)C(=O)[C@H](CC(C)C)NC(=O)CNC1=O. The van der Waals surface area contributed by atoms with Crippen molar-refractivity contribution in [2.45, 2.75) is 206 Å². The van der Waals surface area contributed by atoms with Gasteiger partial charge >= 0.3 is 5.97 Å². The maximum absolute atomic E-state index is 15.2. The first-order chi connectivity index (χ1) is 47.9. The number of cyclic esters (lactones) is 1. The smallest absolute Gasteiger partial charge is 0.328 e. The van der Waals surface area contributed by atoms with E-state index in [0.29, 0.717) is 5.92 Å². The number of nitrogens with two attached hydrogens (primary N) is 4. The second-order valence-corrected chi connectivity index (χ2v) is 27.3. The lowest BCUT2D eigenvalue weighted by molar-refractivity contribution is -0.163. The summed E-state index contributed by atoms with van der Waals surface area (Å²) in [6, 6.07) is -10.3. The van der Waals surface area contributed by atoms with Gasteiger partial charge in [-0.05, 0) is 88.3 Å². The zero-order valence-electron chi connectivity index (χ0n) is 61.3. The molecule has 12 amide bonds. The number of likely N-dealkylation sites (N-methyl/N-ethyl adjacent to an activating group) is 2. The summed E-state index contributed by atoms with van der Waals surface area (Å²) in [6.45, 7) is 15.2. The molecule has 0 bridgehead atoms. The number of hydrogen-bond acceptors (Lipinski definition) is 23. The minimum atomic E-state index is -2.43. The highest BCUT2D eigenvalue weighted by Gasteiger charge is 2.45. The first kappa shape index (κ1) is 90.1. The number of Topliss-reactive ketones (excluding diaryl/α,β-unsaturated/α-hetero) is 2. The molecule has 0 aliphatic carbocycles. The molecule has 1 fully saturated rings. The molecular formula is C68H109N13O22. The predicted octanol–water partition coefficient (Wildman–Crippen LogP) is -3.85. The number of phenols is 1. The highest BCUT2D eigenvalue weighted by atomic mass is 16.5. The fourth-order valence-electron chi connectivity index (χ4n) is 11.4. The number of hydrogen-bond donors (Lipinski definition) is 15. The van der Waals surface area contributed by atoms with E-state index in [0.717, 1.165) is 44.2 Å². The van der Waals surface area contributed by atoms with Crippen molar-refractivity contribution in [1.29, 1.82) is 0 Å². The quantitative estimate of drug-likeness (QED) is 0.0232. The Morgan fingerprint density at radius 1 is 0.699 bits per heavy atom. The number of ketones is 2. The molecule has 1 aromatic rings. The molecule has 19 atom stereocenters. The Hall–Kier alpha value is -9.03. The fourth-order valence-corrected chi connectivity index (χ4v) is 11.4. The Morgan fingerprint density at radius 2 is 1.30 bits per heavy atom. The number of primary amides is 3. The number of carbonyl (C=O) groups is 15. The summed E-state index contributed by atoms with van der Waals surface area (Å²) in [7, 11) is 4.68. The molecular weight excluding hydrogens is 1350 g/mol. The van der Waals surface area contributed by atoms with E-state index in [1.165, 1.54) is 72.2 Å². The average molecular weight is 1460 g/mol. The van der Waals surface area contributed by atoms with Crippen LogP contribution in [0.15, 0.2) is 36.4 Å². The molecule has 0 aromatic heterocycles. The van der Waals surface area contributed by atoms with Crippen LogP contribution in [0.5, 0.6) is 5.75 Å². The van der Waals surface area contributed by atoms with Gasteiger partial charge in [0.15, 0.2) is 17.7 Å². The molecule has 0 spiro atoms. The predicted molar refractivity (Wildman–Crippen MR) is 369 cm³/mol. The number of amides is 12. The third-order valence-corrected chi connectivity index (χ3v) is 17.8. The molecule has 19 N–H and O–H groups in total. The molecule has 1 aliphatic heterocycles. The highest BCUT2D eigenvalue weighted by Crippen LogP contribution is 2.28. The van der Waals surface area contributed by atoms with Gasteiger partial charge in [-0.15, -0.1) is 0 Å². The maximum Gasteiger partial charge on any atom is 0.328 e. The number of nitrogens with zero attached hydrogens (tertiary/aromatic N) is 2. The van der Waals surface area contributed by atoms with Crippen molar-refractivity contribution in [3.05, 3.63) is 42.0 Å². The van der Waals surface area contributed by atoms with Gasteiger partial charge in [-0.25, -0.2) is 4.79 Å². The molecule has 1 heterocycles. The fraction of sp³-hybridized carbons (Fsp3) is 0.662. The van der Waals surface area contributed by atoms with E-state index in [2.05, 4.69) is 37.2 Å². The van der Waals surface area contributed by atoms with Gasteiger partial charge in [0.1, 0.15) is 60.3 Å². The van der Waals surface area contributed by atoms with E-state index < -0.39 is 242 Å². The van der Waals surface area contributed by atoms with Gasteiger partial charge in [0.25, 0.3) is 0 Å². The molecule has 5 unspecified atom stereocenters. The van der Waals surface area contributed by atoms with Crippen LogP contribution in [-0.4, -0.2) is 239 Å². The zero-order valence-corrected chi connectivity index (χ0v) is 61.3. The van der Waals surface area contributed by atoms with Crippen molar-refractivity contribution in [1.82, 2.24) is 47.0 Å². The van der Waals surface area contributed by atoms with Crippen LogP contribution in [0.1, 0.15) is 133 Å². The number of aliphatic hydroxyl groups excluding tert-OH is 3. The number of benzene rings is 1. The third kappa shape index (κ3) is 28.3. The Morgan fingerprint density at radius 3 is 1.83 bits per heavy atom. The van der Waals surface area contributed by atoms with Crippen molar-refractivity contribution >= 4 is 88.4 Å². The Kier molecular flexibility index (Phi) is 37.2. The van der Waals surface area contributed by atoms with Crippen molar-refractivity contribution in [2.24, 2.45) is 64.4 Å². The average Bonchev–Trinajstić information content (AvgIpc) is 0.836. The summed E-state index contributed by atoms with van der Waals surface area (Å²) in [5.41, 5.74) is 23.1.